The zero-order chi connectivity index (χ0) is 16.1. The molecule has 1 aliphatic rings. The van der Waals surface area contributed by atoms with Crippen molar-refractivity contribution in [3.8, 4) is 0 Å². The van der Waals surface area contributed by atoms with Gasteiger partial charge >= 0.3 is 0 Å². The molecule has 5 heteroatoms. The average molecular weight is 314 g/mol. The predicted molar refractivity (Wildman–Crippen MR) is 92.8 cm³/mol. The molecule has 0 aromatic heterocycles. The summed E-state index contributed by atoms with van der Waals surface area (Å²) in [6.45, 7) is 3.79. The normalized spacial score (nSPS) is 16.8. The van der Waals surface area contributed by atoms with E-state index in [0.29, 0.717) is 4.91 Å². The lowest BCUT2D eigenvalue weighted by molar-refractivity contribution is -0.122. The van der Waals surface area contributed by atoms with Crippen molar-refractivity contribution >= 4 is 34.7 Å². The van der Waals surface area contributed by atoms with Gasteiger partial charge in [0.2, 0.25) is 0 Å². The topological polar surface area (TPSA) is 40.6 Å². The third kappa shape index (κ3) is 3.68. The van der Waals surface area contributed by atoms with Crippen molar-refractivity contribution in [1.29, 1.82) is 0 Å². The lowest BCUT2D eigenvalue weighted by Crippen LogP contribution is -2.27. The number of carbonyl (C=O) groups excluding carboxylic acids is 2. The van der Waals surface area contributed by atoms with Gasteiger partial charge in [0.15, 0.2) is 0 Å². The number of benzene rings is 1. The molecule has 22 heavy (non-hydrogen) atoms. The first kappa shape index (κ1) is 16.1. The molecular weight excluding hydrogens is 296 g/mol. The van der Waals surface area contributed by atoms with Crippen LogP contribution in [0.1, 0.15) is 5.56 Å². The van der Waals surface area contributed by atoms with Crippen LogP contribution in [0, 0.1) is 0 Å². The third-order valence-electron chi connectivity index (χ3n) is 3.13. The Bertz CT molecular complexity index is 645. The van der Waals surface area contributed by atoms with Gasteiger partial charge < -0.3 is 4.90 Å². The van der Waals surface area contributed by atoms with Gasteiger partial charge in [-0.3, -0.25) is 14.5 Å². The van der Waals surface area contributed by atoms with Crippen molar-refractivity contribution in [1.82, 2.24) is 4.90 Å². The lowest BCUT2D eigenvalue weighted by atomic mass is 10.2. The fourth-order valence-electron chi connectivity index (χ4n) is 1.93. The van der Waals surface area contributed by atoms with Gasteiger partial charge in [-0.1, -0.05) is 30.4 Å². The van der Waals surface area contributed by atoms with Crippen LogP contribution < -0.4 is 4.90 Å². The van der Waals surface area contributed by atoms with E-state index >= 15 is 0 Å². The highest BCUT2D eigenvalue weighted by molar-refractivity contribution is 8.18. The van der Waals surface area contributed by atoms with Crippen LogP contribution in [0.2, 0.25) is 0 Å². The lowest BCUT2D eigenvalue weighted by Gasteiger charge is -2.11. The first-order valence-electron chi connectivity index (χ1n) is 6.83. The molecule has 0 unspecified atom stereocenters. The van der Waals surface area contributed by atoms with Crippen LogP contribution >= 0.6 is 11.8 Å². The molecule has 1 aromatic carbocycles. The molecule has 2 amide bonds. The van der Waals surface area contributed by atoms with Crippen molar-refractivity contribution in [3.05, 3.63) is 59.5 Å². The van der Waals surface area contributed by atoms with Crippen molar-refractivity contribution in [3.63, 3.8) is 0 Å². The van der Waals surface area contributed by atoms with E-state index in [1.54, 1.807) is 18.2 Å². The number of rotatable bonds is 5. The Labute approximate surface area is 134 Å². The summed E-state index contributed by atoms with van der Waals surface area (Å²) in [5, 5.41) is -0.250. The highest BCUT2D eigenvalue weighted by Crippen LogP contribution is 2.30. The van der Waals surface area contributed by atoms with Crippen LogP contribution in [0.4, 0.5) is 10.5 Å². The predicted octanol–water partition coefficient (Wildman–Crippen LogP) is 3.53. The number of hydrogen-bond acceptors (Lipinski definition) is 4. The summed E-state index contributed by atoms with van der Waals surface area (Å²) in [5.74, 6) is -0.262. The van der Waals surface area contributed by atoms with Crippen molar-refractivity contribution in [2.24, 2.45) is 0 Å². The van der Waals surface area contributed by atoms with E-state index in [-0.39, 0.29) is 17.7 Å². The fourth-order valence-corrected chi connectivity index (χ4v) is 2.73. The molecule has 0 bridgehead atoms. The minimum Gasteiger partial charge on any atom is -0.378 e. The van der Waals surface area contributed by atoms with Crippen molar-refractivity contribution < 1.29 is 9.59 Å². The Morgan fingerprint density at radius 1 is 1.23 bits per heavy atom. The van der Waals surface area contributed by atoms with Crippen molar-refractivity contribution in [2.45, 2.75) is 0 Å². The first-order valence-corrected chi connectivity index (χ1v) is 7.65. The van der Waals surface area contributed by atoms with Crippen LogP contribution in [-0.4, -0.2) is 36.7 Å². The highest BCUT2D eigenvalue weighted by atomic mass is 32.2. The summed E-state index contributed by atoms with van der Waals surface area (Å²) in [6, 6.07) is 8.06. The summed E-state index contributed by atoms with van der Waals surface area (Å²) in [4.78, 5) is 27.3. The maximum absolute atomic E-state index is 12.0. The quantitative estimate of drug-likeness (QED) is 0.616. The summed E-state index contributed by atoms with van der Waals surface area (Å²) >= 11 is 0.956. The highest BCUT2D eigenvalue weighted by Gasteiger charge is 2.33. The Balaban J connectivity index is 2.06. The molecule has 1 aliphatic heterocycles. The molecule has 1 fully saturated rings. The van der Waals surface area contributed by atoms with E-state index in [4.69, 9.17) is 0 Å². The second kappa shape index (κ2) is 7.13. The van der Waals surface area contributed by atoms with Gasteiger partial charge in [0, 0.05) is 26.3 Å². The second-order valence-corrected chi connectivity index (χ2v) is 5.94. The van der Waals surface area contributed by atoms with Gasteiger partial charge in [0.1, 0.15) is 0 Å². The van der Waals surface area contributed by atoms with E-state index < -0.39 is 0 Å². The molecule has 0 N–H and O–H groups in total. The molecule has 1 heterocycles. The standard InChI is InChI=1S/C17H18N2O2S/c1-4-12-19-16(20)15(22-17(19)21)7-5-6-13-8-10-14(11-9-13)18(2)3/h4-11H,1,12H2,2-3H3/b6-5+,15-7-. The molecule has 0 aliphatic carbocycles. The summed E-state index contributed by atoms with van der Waals surface area (Å²) in [6.07, 6.45) is 6.91. The van der Waals surface area contributed by atoms with E-state index in [1.807, 2.05) is 49.3 Å². The van der Waals surface area contributed by atoms with Crippen LogP contribution in [-0.2, 0) is 4.79 Å². The maximum atomic E-state index is 12.0. The molecule has 2 rings (SSSR count). The largest absolute Gasteiger partial charge is 0.378 e. The molecule has 1 aromatic rings. The first-order chi connectivity index (χ1) is 10.5. The molecule has 1 saturated heterocycles. The molecular formula is C17H18N2O2S. The zero-order valence-corrected chi connectivity index (χ0v) is 13.5. The van der Waals surface area contributed by atoms with E-state index in [9.17, 15) is 9.59 Å². The molecule has 114 valence electrons. The Morgan fingerprint density at radius 3 is 2.50 bits per heavy atom. The van der Waals surface area contributed by atoms with Gasteiger partial charge in [0.25, 0.3) is 11.1 Å². The van der Waals surface area contributed by atoms with Gasteiger partial charge in [-0.25, -0.2) is 0 Å². The Hall–Kier alpha value is -2.27. The minimum atomic E-state index is -0.262. The van der Waals surface area contributed by atoms with Gasteiger partial charge in [-0.15, -0.1) is 6.58 Å². The number of carbonyl (C=O) groups is 2. The number of amides is 2. The summed E-state index contributed by atoms with van der Waals surface area (Å²) in [7, 11) is 3.98. The number of nitrogens with zero attached hydrogens (tertiary/aromatic N) is 2. The van der Waals surface area contributed by atoms with E-state index in [0.717, 1.165) is 23.0 Å². The Kier molecular flexibility index (Phi) is 5.22. The van der Waals surface area contributed by atoms with Gasteiger partial charge in [0.05, 0.1) is 4.91 Å². The monoisotopic (exact) mass is 314 g/mol. The van der Waals surface area contributed by atoms with Crippen LogP contribution in [0.25, 0.3) is 6.08 Å². The smallest absolute Gasteiger partial charge is 0.293 e. The molecule has 0 spiro atoms. The fraction of sp³-hybridized carbons (Fsp3) is 0.176. The maximum Gasteiger partial charge on any atom is 0.293 e. The van der Waals surface area contributed by atoms with Crippen LogP contribution in [0.15, 0.2) is 54.0 Å². The molecule has 0 saturated carbocycles. The zero-order valence-electron chi connectivity index (χ0n) is 12.7. The number of hydrogen-bond donors (Lipinski definition) is 0. The molecule has 0 atom stereocenters. The van der Waals surface area contributed by atoms with E-state index in [2.05, 4.69) is 6.58 Å². The number of allylic oxidation sites excluding steroid dienone is 2. The Morgan fingerprint density at radius 2 is 1.91 bits per heavy atom. The second-order valence-electron chi connectivity index (χ2n) is 4.95. The third-order valence-corrected chi connectivity index (χ3v) is 4.06. The van der Waals surface area contributed by atoms with Crippen LogP contribution in [0.5, 0.6) is 0 Å². The number of imide groups is 1. The number of thioether (sulfide) groups is 1. The van der Waals surface area contributed by atoms with E-state index in [1.165, 1.54) is 4.90 Å². The minimum absolute atomic E-state index is 0.248. The van der Waals surface area contributed by atoms with Crippen LogP contribution in [0.3, 0.4) is 0 Å². The SMILES string of the molecule is C=CCN1C(=O)S/C(=C\C=C\c2ccc(N(C)C)cc2)C1=O. The van der Waals surface area contributed by atoms with Gasteiger partial charge in [-0.2, -0.15) is 0 Å². The summed E-state index contributed by atoms with van der Waals surface area (Å²) < 4.78 is 0. The summed E-state index contributed by atoms with van der Waals surface area (Å²) in [5.41, 5.74) is 2.16. The van der Waals surface area contributed by atoms with Crippen molar-refractivity contribution in [2.75, 3.05) is 25.5 Å². The molecule has 0 radical (unpaired) electrons. The number of anilines is 1. The molecule has 4 nitrogen and oxygen atoms in total. The average Bonchev–Trinajstić information content (AvgIpc) is 2.76. The van der Waals surface area contributed by atoms with Gasteiger partial charge in [-0.05, 0) is 35.5 Å².